The second-order valence-electron chi connectivity index (χ2n) is 4.68. The highest BCUT2D eigenvalue weighted by atomic mass is 16.5. The fourth-order valence-corrected chi connectivity index (χ4v) is 2.02. The highest BCUT2D eigenvalue weighted by Crippen LogP contribution is 2.16. The van der Waals surface area contributed by atoms with Gasteiger partial charge in [-0.2, -0.15) is 0 Å². The second kappa shape index (κ2) is 9.83. The van der Waals surface area contributed by atoms with Crippen LogP contribution in [-0.2, 0) is 14.2 Å². The Morgan fingerprint density at radius 3 is 2.88 bits per heavy atom. The molecule has 0 aromatic heterocycles. The Bertz CT molecular complexity index is 172. The summed E-state index contributed by atoms with van der Waals surface area (Å²) in [6, 6.07) is 0.576. The predicted octanol–water partition coefficient (Wildman–Crippen LogP) is 1.44. The molecule has 0 radical (unpaired) electrons. The summed E-state index contributed by atoms with van der Waals surface area (Å²) < 4.78 is 15.7. The zero-order chi connectivity index (χ0) is 12.3. The molecule has 0 aromatic rings. The van der Waals surface area contributed by atoms with Gasteiger partial charge in [-0.3, -0.25) is 0 Å². The van der Waals surface area contributed by atoms with Gasteiger partial charge in [-0.15, -0.1) is 0 Å². The zero-order valence-corrected chi connectivity index (χ0v) is 11.2. The molecule has 4 heteroatoms. The van der Waals surface area contributed by atoms with Crippen molar-refractivity contribution in [1.82, 2.24) is 5.32 Å². The van der Waals surface area contributed by atoms with E-state index >= 15 is 0 Å². The van der Waals surface area contributed by atoms with Gasteiger partial charge in [-0.05, 0) is 38.6 Å². The van der Waals surface area contributed by atoms with E-state index in [2.05, 4.69) is 12.2 Å². The minimum atomic E-state index is 0.576. The van der Waals surface area contributed by atoms with Gasteiger partial charge >= 0.3 is 0 Å². The average Bonchev–Trinajstić information content (AvgIpc) is 2.86. The lowest BCUT2D eigenvalue weighted by Crippen LogP contribution is -2.34. The van der Waals surface area contributed by atoms with Gasteiger partial charge in [0.15, 0.2) is 0 Å². The van der Waals surface area contributed by atoms with Crippen LogP contribution in [0.2, 0.25) is 0 Å². The summed E-state index contributed by atoms with van der Waals surface area (Å²) in [5.74, 6) is 0.702. The lowest BCUT2D eigenvalue weighted by molar-refractivity contribution is 0.0687. The van der Waals surface area contributed by atoms with Crippen LogP contribution in [0.5, 0.6) is 0 Å². The topological polar surface area (TPSA) is 39.7 Å². The molecule has 1 rings (SSSR count). The summed E-state index contributed by atoms with van der Waals surface area (Å²) >= 11 is 0. The maximum absolute atomic E-state index is 5.41. The lowest BCUT2D eigenvalue weighted by Gasteiger charge is -2.19. The molecule has 0 spiro atoms. The Hall–Kier alpha value is -0.160. The summed E-state index contributed by atoms with van der Waals surface area (Å²) in [5.41, 5.74) is 0. The van der Waals surface area contributed by atoms with E-state index in [0.29, 0.717) is 25.2 Å². The SMILES string of the molecule is COCCOCCCCNC(C)C1CCOC1. The van der Waals surface area contributed by atoms with Gasteiger partial charge in [0.1, 0.15) is 0 Å². The third-order valence-corrected chi connectivity index (χ3v) is 3.29. The molecule has 0 saturated carbocycles. The second-order valence-corrected chi connectivity index (χ2v) is 4.68. The summed E-state index contributed by atoms with van der Waals surface area (Å²) in [6.45, 7) is 7.43. The molecule has 1 heterocycles. The number of unbranched alkanes of at least 4 members (excludes halogenated alkanes) is 1. The molecule has 102 valence electrons. The first-order valence-electron chi connectivity index (χ1n) is 6.72. The van der Waals surface area contributed by atoms with Crippen molar-refractivity contribution in [3.63, 3.8) is 0 Å². The van der Waals surface area contributed by atoms with Gasteiger partial charge in [0.25, 0.3) is 0 Å². The molecule has 1 fully saturated rings. The fourth-order valence-electron chi connectivity index (χ4n) is 2.02. The quantitative estimate of drug-likeness (QED) is 0.591. The molecule has 1 N–H and O–H groups in total. The van der Waals surface area contributed by atoms with Crippen LogP contribution in [0.3, 0.4) is 0 Å². The van der Waals surface area contributed by atoms with Crippen LogP contribution < -0.4 is 5.32 Å². The van der Waals surface area contributed by atoms with E-state index in [1.54, 1.807) is 7.11 Å². The highest BCUT2D eigenvalue weighted by molar-refractivity contribution is 4.75. The minimum absolute atomic E-state index is 0.576. The summed E-state index contributed by atoms with van der Waals surface area (Å²) in [4.78, 5) is 0. The standard InChI is InChI=1S/C13H27NO3/c1-12(13-5-8-17-11-13)14-6-3-4-7-16-10-9-15-2/h12-14H,3-11H2,1-2H3. The van der Waals surface area contributed by atoms with Gasteiger partial charge in [0, 0.05) is 26.4 Å². The summed E-state index contributed by atoms with van der Waals surface area (Å²) in [7, 11) is 1.70. The molecule has 0 aromatic carbocycles. The molecule has 1 aliphatic rings. The van der Waals surface area contributed by atoms with Gasteiger partial charge in [-0.1, -0.05) is 0 Å². The molecule has 1 aliphatic heterocycles. The predicted molar refractivity (Wildman–Crippen MR) is 68.3 cm³/mol. The van der Waals surface area contributed by atoms with Crippen molar-refractivity contribution >= 4 is 0 Å². The molecular formula is C13H27NO3. The van der Waals surface area contributed by atoms with Crippen molar-refractivity contribution in [2.24, 2.45) is 5.92 Å². The molecule has 1 saturated heterocycles. The number of ether oxygens (including phenoxy) is 3. The van der Waals surface area contributed by atoms with Crippen LogP contribution in [0.25, 0.3) is 0 Å². The zero-order valence-electron chi connectivity index (χ0n) is 11.2. The first-order valence-corrected chi connectivity index (χ1v) is 6.72. The summed E-state index contributed by atoms with van der Waals surface area (Å²) in [5, 5.41) is 3.57. The number of hydrogen-bond donors (Lipinski definition) is 1. The molecular weight excluding hydrogens is 218 g/mol. The molecule has 0 amide bonds. The van der Waals surface area contributed by atoms with Crippen LogP contribution in [0.15, 0.2) is 0 Å². The lowest BCUT2D eigenvalue weighted by atomic mass is 10.0. The van der Waals surface area contributed by atoms with E-state index in [1.807, 2.05) is 0 Å². The van der Waals surface area contributed by atoms with Gasteiger partial charge in [-0.25, -0.2) is 0 Å². The Morgan fingerprint density at radius 1 is 1.29 bits per heavy atom. The Morgan fingerprint density at radius 2 is 2.18 bits per heavy atom. The third kappa shape index (κ3) is 6.99. The van der Waals surface area contributed by atoms with Gasteiger partial charge < -0.3 is 19.5 Å². The van der Waals surface area contributed by atoms with E-state index in [0.717, 1.165) is 32.8 Å². The molecule has 2 unspecified atom stereocenters. The van der Waals surface area contributed by atoms with Gasteiger partial charge in [0.05, 0.1) is 19.8 Å². The van der Waals surface area contributed by atoms with Gasteiger partial charge in [0.2, 0.25) is 0 Å². The normalized spacial score (nSPS) is 21.9. The van der Waals surface area contributed by atoms with E-state index in [4.69, 9.17) is 14.2 Å². The van der Waals surface area contributed by atoms with Crippen molar-refractivity contribution in [3.05, 3.63) is 0 Å². The number of methoxy groups -OCH3 is 1. The van der Waals surface area contributed by atoms with Crippen molar-refractivity contribution in [2.45, 2.75) is 32.2 Å². The summed E-state index contributed by atoms with van der Waals surface area (Å²) in [6.07, 6.45) is 3.49. The van der Waals surface area contributed by atoms with Crippen molar-refractivity contribution in [1.29, 1.82) is 0 Å². The van der Waals surface area contributed by atoms with E-state index in [1.165, 1.54) is 12.8 Å². The van der Waals surface area contributed by atoms with Crippen molar-refractivity contribution < 1.29 is 14.2 Å². The van der Waals surface area contributed by atoms with E-state index < -0.39 is 0 Å². The molecule has 0 aliphatic carbocycles. The first-order chi connectivity index (χ1) is 8.34. The minimum Gasteiger partial charge on any atom is -0.382 e. The van der Waals surface area contributed by atoms with E-state index in [9.17, 15) is 0 Å². The van der Waals surface area contributed by atoms with Crippen LogP contribution in [0, 0.1) is 5.92 Å². The maximum atomic E-state index is 5.41. The first kappa shape index (κ1) is 14.9. The van der Waals surface area contributed by atoms with Crippen LogP contribution in [-0.4, -0.2) is 52.7 Å². The number of rotatable bonds is 10. The Kier molecular flexibility index (Phi) is 8.61. The van der Waals surface area contributed by atoms with Crippen molar-refractivity contribution in [2.75, 3.05) is 46.7 Å². The average molecular weight is 245 g/mol. The molecule has 0 bridgehead atoms. The number of nitrogens with one attached hydrogen (secondary N) is 1. The van der Waals surface area contributed by atoms with Crippen molar-refractivity contribution in [3.8, 4) is 0 Å². The number of hydrogen-bond acceptors (Lipinski definition) is 4. The largest absolute Gasteiger partial charge is 0.382 e. The fraction of sp³-hybridized carbons (Fsp3) is 1.00. The van der Waals surface area contributed by atoms with E-state index in [-0.39, 0.29) is 0 Å². The monoisotopic (exact) mass is 245 g/mol. The van der Waals surface area contributed by atoms with Crippen LogP contribution in [0.4, 0.5) is 0 Å². The third-order valence-electron chi connectivity index (χ3n) is 3.29. The maximum Gasteiger partial charge on any atom is 0.0700 e. The highest BCUT2D eigenvalue weighted by Gasteiger charge is 2.21. The molecule has 17 heavy (non-hydrogen) atoms. The molecule has 4 nitrogen and oxygen atoms in total. The smallest absolute Gasteiger partial charge is 0.0700 e. The van der Waals surface area contributed by atoms with Crippen LogP contribution in [0.1, 0.15) is 26.2 Å². The Labute approximate surface area is 105 Å². The molecule has 2 atom stereocenters. The van der Waals surface area contributed by atoms with Crippen LogP contribution >= 0.6 is 0 Å². The Balaban J connectivity index is 1.83.